The van der Waals surface area contributed by atoms with Crippen LogP contribution >= 0.6 is 15.9 Å². The Morgan fingerprint density at radius 3 is 2.73 bits per heavy atom. The van der Waals surface area contributed by atoms with Crippen molar-refractivity contribution in [2.45, 2.75) is 20.3 Å². The molecule has 0 unspecified atom stereocenters. The number of fused-ring (bicyclic) bond motifs is 1. The third-order valence-corrected chi connectivity index (χ3v) is 4.25. The van der Waals surface area contributed by atoms with Gasteiger partial charge in [-0.15, -0.1) is 0 Å². The zero-order valence-corrected chi connectivity index (χ0v) is 14.0. The largest absolute Gasteiger partial charge is 0.464 e. The summed E-state index contributed by atoms with van der Waals surface area (Å²) >= 11 is 3.44. The molecular weight excluding hydrogens is 342 g/mol. The molecule has 0 aliphatic rings. The molecule has 112 valence electrons. The van der Waals surface area contributed by atoms with Crippen LogP contribution in [0, 0.1) is 13.8 Å². The SMILES string of the molecule is Cc1ccc(NC(=O)Cc2coc3ccc(Br)cc23)cc1C. The Morgan fingerprint density at radius 1 is 1.14 bits per heavy atom. The van der Waals surface area contributed by atoms with Crippen molar-refractivity contribution in [3.05, 3.63) is 63.8 Å². The van der Waals surface area contributed by atoms with E-state index < -0.39 is 0 Å². The molecule has 0 spiro atoms. The molecular formula is C18H16BrNO2. The highest BCUT2D eigenvalue weighted by molar-refractivity contribution is 9.10. The lowest BCUT2D eigenvalue weighted by Gasteiger charge is -2.07. The minimum absolute atomic E-state index is 0.0501. The van der Waals surface area contributed by atoms with E-state index in [1.165, 1.54) is 5.56 Å². The maximum absolute atomic E-state index is 12.2. The fourth-order valence-electron chi connectivity index (χ4n) is 2.39. The predicted octanol–water partition coefficient (Wildman–Crippen LogP) is 4.99. The topological polar surface area (TPSA) is 42.2 Å². The van der Waals surface area contributed by atoms with Gasteiger partial charge in [0.25, 0.3) is 0 Å². The van der Waals surface area contributed by atoms with Gasteiger partial charge in [-0.25, -0.2) is 0 Å². The number of benzene rings is 2. The first-order valence-electron chi connectivity index (χ1n) is 7.05. The number of carbonyl (C=O) groups excluding carboxylic acids is 1. The third-order valence-electron chi connectivity index (χ3n) is 3.76. The molecule has 1 amide bonds. The number of nitrogens with one attached hydrogen (secondary N) is 1. The number of rotatable bonds is 3. The summed E-state index contributed by atoms with van der Waals surface area (Å²) in [6.07, 6.45) is 1.94. The number of aryl methyl sites for hydroxylation is 2. The third kappa shape index (κ3) is 3.07. The Hall–Kier alpha value is -2.07. The number of hydrogen-bond acceptors (Lipinski definition) is 2. The van der Waals surface area contributed by atoms with Gasteiger partial charge in [0.1, 0.15) is 5.58 Å². The van der Waals surface area contributed by atoms with Crippen molar-refractivity contribution < 1.29 is 9.21 Å². The molecule has 0 atom stereocenters. The van der Waals surface area contributed by atoms with Crippen LogP contribution in [0.3, 0.4) is 0 Å². The molecule has 3 rings (SSSR count). The van der Waals surface area contributed by atoms with E-state index in [2.05, 4.69) is 28.2 Å². The van der Waals surface area contributed by atoms with Gasteiger partial charge >= 0.3 is 0 Å². The zero-order chi connectivity index (χ0) is 15.7. The van der Waals surface area contributed by atoms with Crippen LogP contribution in [-0.2, 0) is 11.2 Å². The second-order valence-electron chi connectivity index (χ2n) is 5.43. The van der Waals surface area contributed by atoms with E-state index in [4.69, 9.17) is 4.42 Å². The van der Waals surface area contributed by atoms with Crippen molar-refractivity contribution in [3.63, 3.8) is 0 Å². The first-order valence-corrected chi connectivity index (χ1v) is 7.85. The molecule has 1 heterocycles. The molecule has 0 fully saturated rings. The molecule has 0 radical (unpaired) electrons. The minimum atomic E-state index is -0.0501. The highest BCUT2D eigenvalue weighted by Gasteiger charge is 2.11. The molecule has 2 aromatic carbocycles. The summed E-state index contributed by atoms with van der Waals surface area (Å²) in [7, 11) is 0. The smallest absolute Gasteiger partial charge is 0.228 e. The Balaban J connectivity index is 1.78. The second-order valence-corrected chi connectivity index (χ2v) is 6.34. The van der Waals surface area contributed by atoms with Crippen molar-refractivity contribution >= 4 is 38.5 Å². The molecule has 1 aromatic heterocycles. The number of anilines is 1. The lowest BCUT2D eigenvalue weighted by Crippen LogP contribution is -2.14. The number of furan rings is 1. The van der Waals surface area contributed by atoms with Crippen LogP contribution in [0.4, 0.5) is 5.69 Å². The van der Waals surface area contributed by atoms with Crippen LogP contribution in [0.5, 0.6) is 0 Å². The average molecular weight is 358 g/mol. The van der Waals surface area contributed by atoms with E-state index in [-0.39, 0.29) is 12.3 Å². The monoisotopic (exact) mass is 357 g/mol. The summed E-state index contributed by atoms with van der Waals surface area (Å²) in [6, 6.07) is 11.7. The van der Waals surface area contributed by atoms with Crippen molar-refractivity contribution in [1.29, 1.82) is 0 Å². The molecule has 0 saturated carbocycles. The van der Waals surface area contributed by atoms with E-state index in [0.717, 1.165) is 32.3 Å². The first-order chi connectivity index (χ1) is 10.5. The summed E-state index contributed by atoms with van der Waals surface area (Å²) in [6.45, 7) is 4.09. The van der Waals surface area contributed by atoms with Gasteiger partial charge in [0.15, 0.2) is 0 Å². The summed E-state index contributed by atoms with van der Waals surface area (Å²) in [5.41, 5.74) is 4.87. The number of halogens is 1. The quantitative estimate of drug-likeness (QED) is 0.716. The Morgan fingerprint density at radius 2 is 1.95 bits per heavy atom. The first kappa shape index (κ1) is 14.9. The van der Waals surface area contributed by atoms with Gasteiger partial charge in [0, 0.05) is 21.1 Å². The Labute approximate surface area is 137 Å². The van der Waals surface area contributed by atoms with E-state index in [9.17, 15) is 4.79 Å². The highest BCUT2D eigenvalue weighted by atomic mass is 79.9. The summed E-state index contributed by atoms with van der Waals surface area (Å²) in [5, 5.41) is 3.90. The van der Waals surface area contributed by atoms with Gasteiger partial charge in [-0.1, -0.05) is 22.0 Å². The van der Waals surface area contributed by atoms with Gasteiger partial charge in [-0.05, 0) is 55.3 Å². The van der Waals surface area contributed by atoms with Crippen molar-refractivity contribution in [1.82, 2.24) is 0 Å². The fraction of sp³-hybridized carbons (Fsp3) is 0.167. The summed E-state index contributed by atoms with van der Waals surface area (Å²) in [5.74, 6) is -0.0501. The maximum atomic E-state index is 12.2. The Bertz CT molecular complexity index is 851. The van der Waals surface area contributed by atoms with E-state index >= 15 is 0 Å². The summed E-state index contributed by atoms with van der Waals surface area (Å²) in [4.78, 5) is 12.2. The van der Waals surface area contributed by atoms with Gasteiger partial charge in [-0.3, -0.25) is 4.79 Å². The van der Waals surface area contributed by atoms with Gasteiger partial charge in [-0.2, -0.15) is 0 Å². The maximum Gasteiger partial charge on any atom is 0.228 e. The number of amides is 1. The molecule has 0 aliphatic heterocycles. The standard InChI is InChI=1S/C18H16BrNO2/c1-11-3-5-15(7-12(11)2)20-18(21)8-13-10-22-17-6-4-14(19)9-16(13)17/h3-7,9-10H,8H2,1-2H3,(H,20,21). The lowest BCUT2D eigenvalue weighted by atomic mass is 10.1. The van der Waals surface area contributed by atoms with Crippen molar-refractivity contribution in [3.8, 4) is 0 Å². The van der Waals surface area contributed by atoms with Crippen LogP contribution < -0.4 is 5.32 Å². The molecule has 0 bridgehead atoms. The number of carbonyl (C=O) groups is 1. The lowest BCUT2D eigenvalue weighted by molar-refractivity contribution is -0.115. The van der Waals surface area contributed by atoms with E-state index in [1.807, 2.05) is 43.3 Å². The molecule has 4 heteroatoms. The minimum Gasteiger partial charge on any atom is -0.464 e. The van der Waals surface area contributed by atoms with Crippen LogP contribution in [0.25, 0.3) is 11.0 Å². The van der Waals surface area contributed by atoms with Crippen molar-refractivity contribution in [2.24, 2.45) is 0 Å². The van der Waals surface area contributed by atoms with Gasteiger partial charge in [0.05, 0.1) is 12.7 Å². The summed E-state index contributed by atoms with van der Waals surface area (Å²) < 4.78 is 6.46. The van der Waals surface area contributed by atoms with Crippen LogP contribution in [0.1, 0.15) is 16.7 Å². The van der Waals surface area contributed by atoms with Crippen LogP contribution in [-0.4, -0.2) is 5.91 Å². The average Bonchev–Trinajstić information content (AvgIpc) is 2.85. The van der Waals surface area contributed by atoms with Gasteiger partial charge in [0.2, 0.25) is 5.91 Å². The van der Waals surface area contributed by atoms with E-state index in [1.54, 1.807) is 6.26 Å². The highest BCUT2D eigenvalue weighted by Crippen LogP contribution is 2.25. The molecule has 0 saturated heterocycles. The molecule has 1 N–H and O–H groups in total. The fourth-order valence-corrected chi connectivity index (χ4v) is 2.75. The normalized spacial score (nSPS) is 10.9. The molecule has 3 nitrogen and oxygen atoms in total. The molecule has 0 aliphatic carbocycles. The van der Waals surface area contributed by atoms with Gasteiger partial charge < -0.3 is 9.73 Å². The molecule has 22 heavy (non-hydrogen) atoms. The van der Waals surface area contributed by atoms with Crippen LogP contribution in [0.2, 0.25) is 0 Å². The predicted molar refractivity (Wildman–Crippen MR) is 92.2 cm³/mol. The zero-order valence-electron chi connectivity index (χ0n) is 12.4. The Kier molecular flexibility index (Phi) is 4.03. The van der Waals surface area contributed by atoms with Crippen molar-refractivity contribution in [2.75, 3.05) is 5.32 Å². The number of hydrogen-bond donors (Lipinski definition) is 1. The second kappa shape index (κ2) is 5.97. The molecule has 3 aromatic rings. The van der Waals surface area contributed by atoms with E-state index in [0.29, 0.717) is 0 Å². The van der Waals surface area contributed by atoms with Crippen LogP contribution in [0.15, 0.2) is 51.6 Å².